The third-order valence-electron chi connectivity index (χ3n) is 4.43. The van der Waals surface area contributed by atoms with Gasteiger partial charge in [0.05, 0.1) is 5.75 Å². The van der Waals surface area contributed by atoms with Gasteiger partial charge in [0.2, 0.25) is 10.0 Å². The summed E-state index contributed by atoms with van der Waals surface area (Å²) in [5.41, 5.74) is 3.09. The third-order valence-corrected chi connectivity index (χ3v) is 5.77. The van der Waals surface area contributed by atoms with Crippen LogP contribution in [0.5, 0.6) is 0 Å². The predicted octanol–water partition coefficient (Wildman–Crippen LogP) is 3.04. The van der Waals surface area contributed by atoms with Crippen molar-refractivity contribution in [3.8, 4) is 0 Å². The third kappa shape index (κ3) is 9.60. The Balaban J connectivity index is 0.00000420. The van der Waals surface area contributed by atoms with Crippen molar-refractivity contribution in [3.63, 3.8) is 0 Å². The maximum atomic E-state index is 11.7. The van der Waals surface area contributed by atoms with Crippen LogP contribution in [0.2, 0.25) is 0 Å². The SMILES string of the molecule is CN=C(NCc1cccc(CS(=O)(=O)NC)c1)NC(C)CCc1ccccc1.I. The highest BCUT2D eigenvalue weighted by Crippen LogP contribution is 2.09. The van der Waals surface area contributed by atoms with Gasteiger partial charge < -0.3 is 10.6 Å². The molecule has 0 aromatic heterocycles. The van der Waals surface area contributed by atoms with Crippen molar-refractivity contribution in [2.45, 2.75) is 38.1 Å². The van der Waals surface area contributed by atoms with E-state index in [9.17, 15) is 8.42 Å². The molecule has 1 atom stereocenters. The fourth-order valence-electron chi connectivity index (χ4n) is 2.83. The molecule has 0 fully saturated rings. The Bertz CT molecular complexity index is 873. The van der Waals surface area contributed by atoms with Crippen molar-refractivity contribution >= 4 is 40.0 Å². The Morgan fingerprint density at radius 2 is 1.69 bits per heavy atom. The van der Waals surface area contributed by atoms with Gasteiger partial charge in [0.25, 0.3) is 0 Å². The van der Waals surface area contributed by atoms with Crippen molar-refractivity contribution in [3.05, 3.63) is 71.3 Å². The van der Waals surface area contributed by atoms with Gasteiger partial charge in [-0.15, -0.1) is 24.0 Å². The lowest BCUT2D eigenvalue weighted by Crippen LogP contribution is -2.42. The molecule has 1 unspecified atom stereocenters. The Hall–Kier alpha value is -1.65. The van der Waals surface area contributed by atoms with Gasteiger partial charge in [0.15, 0.2) is 5.96 Å². The van der Waals surface area contributed by atoms with Crippen LogP contribution in [-0.4, -0.2) is 34.5 Å². The second kappa shape index (κ2) is 12.8. The molecule has 29 heavy (non-hydrogen) atoms. The van der Waals surface area contributed by atoms with Crippen LogP contribution in [-0.2, 0) is 28.7 Å². The monoisotopic (exact) mass is 530 g/mol. The maximum absolute atomic E-state index is 11.7. The predicted molar refractivity (Wildman–Crippen MR) is 131 cm³/mol. The Morgan fingerprint density at radius 3 is 2.34 bits per heavy atom. The average molecular weight is 530 g/mol. The summed E-state index contributed by atoms with van der Waals surface area (Å²) in [5.74, 6) is 0.703. The number of rotatable bonds is 9. The first-order chi connectivity index (χ1) is 13.4. The standard InChI is InChI=1S/C21H30N4O2S.HI/c1-17(12-13-18-8-5-4-6-9-18)25-21(22-2)24-15-19-10-7-11-20(14-19)16-28(26,27)23-3;/h4-11,14,17,23H,12-13,15-16H2,1-3H3,(H2,22,24,25);1H. The van der Waals surface area contributed by atoms with Crippen molar-refractivity contribution in [1.82, 2.24) is 15.4 Å². The average Bonchev–Trinajstić information content (AvgIpc) is 2.70. The number of hydrogen-bond acceptors (Lipinski definition) is 3. The van der Waals surface area contributed by atoms with Crippen LogP contribution in [0.1, 0.15) is 30.0 Å². The van der Waals surface area contributed by atoms with Crippen molar-refractivity contribution in [1.29, 1.82) is 0 Å². The molecule has 0 saturated heterocycles. The van der Waals surface area contributed by atoms with E-state index in [2.05, 4.69) is 51.5 Å². The van der Waals surface area contributed by atoms with Gasteiger partial charge in [-0.25, -0.2) is 13.1 Å². The number of aryl methyl sites for hydroxylation is 1. The molecule has 3 N–H and O–H groups in total. The summed E-state index contributed by atoms with van der Waals surface area (Å²) in [5, 5.41) is 6.69. The van der Waals surface area contributed by atoms with Gasteiger partial charge in [0, 0.05) is 19.6 Å². The first-order valence-corrected chi connectivity index (χ1v) is 11.1. The van der Waals surface area contributed by atoms with E-state index in [-0.39, 0.29) is 35.8 Å². The van der Waals surface area contributed by atoms with Crippen molar-refractivity contribution in [2.75, 3.05) is 14.1 Å². The molecule has 0 aliphatic heterocycles. The van der Waals surface area contributed by atoms with Gasteiger partial charge in [-0.05, 0) is 43.5 Å². The van der Waals surface area contributed by atoms with Crippen LogP contribution in [0.25, 0.3) is 0 Å². The molecule has 0 bridgehead atoms. The summed E-state index contributed by atoms with van der Waals surface area (Å²) in [7, 11) is -0.106. The number of halogens is 1. The van der Waals surface area contributed by atoms with Gasteiger partial charge in [-0.2, -0.15) is 0 Å². The largest absolute Gasteiger partial charge is 0.354 e. The van der Waals surface area contributed by atoms with E-state index < -0.39 is 10.0 Å². The molecule has 0 spiro atoms. The minimum absolute atomic E-state index is 0. The lowest BCUT2D eigenvalue weighted by Gasteiger charge is -2.18. The van der Waals surface area contributed by atoms with E-state index in [4.69, 9.17) is 0 Å². The number of aliphatic imine (C=N–C) groups is 1. The fraction of sp³-hybridized carbons (Fsp3) is 0.381. The number of sulfonamides is 1. The quantitative estimate of drug-likeness (QED) is 0.265. The highest BCUT2D eigenvalue weighted by atomic mass is 127. The highest BCUT2D eigenvalue weighted by molar-refractivity contribution is 14.0. The molecule has 0 radical (unpaired) electrons. The molecular weight excluding hydrogens is 499 g/mol. The summed E-state index contributed by atoms with van der Waals surface area (Å²) in [4.78, 5) is 4.28. The van der Waals surface area contributed by atoms with E-state index in [1.165, 1.54) is 12.6 Å². The van der Waals surface area contributed by atoms with Crippen LogP contribution in [0.15, 0.2) is 59.6 Å². The van der Waals surface area contributed by atoms with E-state index in [0.717, 1.165) is 29.9 Å². The van der Waals surface area contributed by atoms with Crippen molar-refractivity contribution in [2.24, 2.45) is 4.99 Å². The molecule has 2 rings (SSSR count). The molecule has 0 aliphatic rings. The van der Waals surface area contributed by atoms with E-state index in [0.29, 0.717) is 6.54 Å². The maximum Gasteiger partial charge on any atom is 0.215 e. The van der Waals surface area contributed by atoms with Gasteiger partial charge >= 0.3 is 0 Å². The molecule has 0 aliphatic carbocycles. The molecule has 0 amide bonds. The fourth-order valence-corrected chi connectivity index (χ4v) is 3.60. The molecule has 2 aromatic carbocycles. The molecule has 160 valence electrons. The number of nitrogens with one attached hydrogen (secondary N) is 3. The minimum atomic E-state index is -3.28. The van der Waals surface area contributed by atoms with Gasteiger partial charge in [-0.1, -0.05) is 54.6 Å². The Morgan fingerprint density at radius 1 is 1.03 bits per heavy atom. The van der Waals surface area contributed by atoms with E-state index in [1.54, 1.807) is 7.05 Å². The lowest BCUT2D eigenvalue weighted by atomic mass is 10.1. The summed E-state index contributed by atoms with van der Waals surface area (Å²) >= 11 is 0. The highest BCUT2D eigenvalue weighted by Gasteiger charge is 2.09. The summed E-state index contributed by atoms with van der Waals surface area (Å²) in [6.45, 7) is 2.71. The minimum Gasteiger partial charge on any atom is -0.354 e. The second-order valence-corrected chi connectivity index (χ2v) is 8.71. The zero-order valence-corrected chi connectivity index (χ0v) is 20.3. The number of guanidine groups is 1. The van der Waals surface area contributed by atoms with Crippen LogP contribution in [0, 0.1) is 0 Å². The van der Waals surface area contributed by atoms with Crippen LogP contribution in [0.4, 0.5) is 0 Å². The van der Waals surface area contributed by atoms with Crippen LogP contribution < -0.4 is 15.4 Å². The molecule has 8 heteroatoms. The van der Waals surface area contributed by atoms with Gasteiger partial charge in [-0.3, -0.25) is 4.99 Å². The summed E-state index contributed by atoms with van der Waals surface area (Å²) in [6.07, 6.45) is 2.01. The van der Waals surface area contributed by atoms with Crippen LogP contribution >= 0.6 is 24.0 Å². The zero-order valence-electron chi connectivity index (χ0n) is 17.2. The van der Waals surface area contributed by atoms with E-state index >= 15 is 0 Å². The zero-order chi connectivity index (χ0) is 20.4. The molecular formula is C21H31IN4O2S. The van der Waals surface area contributed by atoms with Gasteiger partial charge in [0.1, 0.15) is 0 Å². The van der Waals surface area contributed by atoms with Crippen molar-refractivity contribution < 1.29 is 8.42 Å². The number of hydrogen-bond donors (Lipinski definition) is 3. The number of benzene rings is 2. The molecule has 0 saturated carbocycles. The second-order valence-electron chi connectivity index (χ2n) is 6.78. The first kappa shape index (κ1) is 25.4. The topological polar surface area (TPSA) is 82.6 Å². The lowest BCUT2D eigenvalue weighted by molar-refractivity contribution is 0.587. The molecule has 0 heterocycles. The normalized spacial score (nSPS) is 12.7. The summed E-state index contributed by atoms with van der Waals surface area (Å²) in [6, 6.07) is 18.3. The number of nitrogens with zero attached hydrogens (tertiary/aromatic N) is 1. The Labute approximate surface area is 191 Å². The Kier molecular flexibility index (Phi) is 11.2. The van der Waals surface area contributed by atoms with Crippen LogP contribution in [0.3, 0.4) is 0 Å². The molecule has 2 aromatic rings. The first-order valence-electron chi connectivity index (χ1n) is 9.42. The van der Waals surface area contributed by atoms with E-state index in [1.807, 2.05) is 30.3 Å². The molecule has 6 nitrogen and oxygen atoms in total. The smallest absolute Gasteiger partial charge is 0.215 e. The summed E-state index contributed by atoms with van der Waals surface area (Å²) < 4.78 is 25.8.